The molecule has 0 radical (unpaired) electrons. The third-order valence-corrected chi connectivity index (χ3v) is 20.2. The van der Waals surface area contributed by atoms with E-state index in [1.54, 1.807) is 30.5 Å². The fourth-order valence-corrected chi connectivity index (χ4v) is 14.8. The summed E-state index contributed by atoms with van der Waals surface area (Å²) in [5.74, 6) is -21.6. The van der Waals surface area contributed by atoms with Crippen molar-refractivity contribution in [3.05, 3.63) is 47.9 Å². The second-order valence-electron chi connectivity index (χ2n) is 25.5. The van der Waals surface area contributed by atoms with Gasteiger partial charge in [-0.2, -0.15) is 0 Å². The van der Waals surface area contributed by atoms with Crippen LogP contribution in [0.1, 0.15) is 121 Å². The van der Waals surface area contributed by atoms with Crippen molar-refractivity contribution in [2.45, 2.75) is 171 Å². The minimum atomic E-state index is -1.84. The van der Waals surface area contributed by atoms with Gasteiger partial charge in [0, 0.05) is 130 Å². The summed E-state index contributed by atoms with van der Waals surface area (Å²) >= 11 is 0. The number of aromatic nitrogens is 4. The lowest BCUT2D eigenvalue weighted by atomic mass is 9.89. The van der Waals surface area contributed by atoms with Gasteiger partial charge in [-0.15, -0.1) is 5.10 Å². The van der Waals surface area contributed by atoms with Crippen molar-refractivity contribution in [3.63, 3.8) is 0 Å². The Morgan fingerprint density at radius 1 is 0.723 bits per heavy atom. The third-order valence-electron chi connectivity index (χ3n) is 17.8. The van der Waals surface area contributed by atoms with Crippen molar-refractivity contribution in [3.8, 4) is 0 Å². The van der Waals surface area contributed by atoms with E-state index in [2.05, 4.69) is 52.2 Å². The van der Waals surface area contributed by atoms with Crippen LogP contribution in [0.25, 0.3) is 10.9 Å². The number of primary amides is 2. The molecule has 35 nitrogen and oxygen atoms in total. The molecule has 101 heavy (non-hydrogen) atoms. The molecule has 3 aliphatic heterocycles. The van der Waals surface area contributed by atoms with E-state index in [0.29, 0.717) is 16.5 Å². The predicted octanol–water partition coefficient (Wildman–Crippen LogP) is -2.31. The first-order chi connectivity index (χ1) is 48.0. The third kappa shape index (κ3) is 25.3. The summed E-state index contributed by atoms with van der Waals surface area (Å²) in [6, 6.07) is -3.12. The Morgan fingerprint density at radius 3 is 2.06 bits per heavy atom. The molecular formula is C64H91N17O18S2. The predicted molar refractivity (Wildman–Crippen MR) is 366 cm³/mol. The van der Waals surface area contributed by atoms with E-state index in [1.165, 1.54) is 10.9 Å². The monoisotopic (exact) mass is 1450 g/mol. The molecular weight excluding hydrogens is 1360 g/mol. The molecule has 20 N–H and O–H groups in total. The van der Waals surface area contributed by atoms with Crippen molar-refractivity contribution in [2.75, 3.05) is 37.7 Å². The highest BCUT2D eigenvalue weighted by Crippen LogP contribution is 2.31. The van der Waals surface area contributed by atoms with Crippen molar-refractivity contribution in [2.24, 2.45) is 63.3 Å². The number of nitrogens with one attached hydrogen (secondary N) is 7. The molecule has 0 saturated carbocycles. The molecule has 3 aromatic rings. The van der Waals surface area contributed by atoms with E-state index in [1.807, 2.05) is 0 Å². The van der Waals surface area contributed by atoms with Gasteiger partial charge in [-0.25, -0.2) is 9.59 Å². The van der Waals surface area contributed by atoms with Crippen LogP contribution < -0.4 is 60.6 Å². The lowest BCUT2D eigenvalue weighted by Crippen LogP contribution is -2.52. The molecule has 4 bridgehead atoms. The minimum absolute atomic E-state index is 0.00209. The number of ketones is 5. The number of aliphatic carboxylic acids is 2. The van der Waals surface area contributed by atoms with Gasteiger partial charge in [-0.3, -0.25) is 72.0 Å². The first-order valence-corrected chi connectivity index (χ1v) is 35.8. The highest BCUT2D eigenvalue weighted by molar-refractivity contribution is 8.76. The second-order valence-corrected chi connectivity index (χ2v) is 28.1. The van der Waals surface area contributed by atoms with Gasteiger partial charge < -0.3 is 85.8 Å². The van der Waals surface area contributed by atoms with Crippen LogP contribution in [-0.2, 0) is 86.5 Å². The maximum absolute atomic E-state index is 15.3. The topological polar surface area (TPSA) is 581 Å². The number of H-pyrrole nitrogens is 1. The van der Waals surface area contributed by atoms with E-state index in [-0.39, 0.29) is 114 Å². The van der Waals surface area contributed by atoms with Gasteiger partial charge in [0.05, 0.1) is 60.8 Å². The summed E-state index contributed by atoms with van der Waals surface area (Å²) in [5.41, 5.74) is 29.1. The number of nitrogens with two attached hydrogens (primary N) is 5. The molecule has 2 fully saturated rings. The Labute approximate surface area is 588 Å². The van der Waals surface area contributed by atoms with Gasteiger partial charge in [-0.1, -0.05) is 45.0 Å². The largest absolute Gasteiger partial charge is 0.481 e. The van der Waals surface area contributed by atoms with Gasteiger partial charge in [0.2, 0.25) is 41.4 Å². The number of amides is 9. The van der Waals surface area contributed by atoms with Crippen molar-refractivity contribution < 1.29 is 87.2 Å². The fourth-order valence-electron chi connectivity index (χ4n) is 12.4. The Hall–Kier alpha value is -9.36. The number of guanidine groups is 1. The van der Waals surface area contributed by atoms with Gasteiger partial charge in [0.25, 0.3) is 0 Å². The van der Waals surface area contributed by atoms with Crippen molar-refractivity contribution >= 4 is 127 Å². The lowest BCUT2D eigenvalue weighted by molar-refractivity contribution is -0.148. The van der Waals surface area contributed by atoms with Crippen molar-refractivity contribution in [1.82, 2.24) is 56.8 Å². The highest BCUT2D eigenvalue weighted by Gasteiger charge is 2.43. The number of aliphatic hydroxyl groups excluding tert-OH is 1. The van der Waals surface area contributed by atoms with Gasteiger partial charge in [0.15, 0.2) is 34.9 Å². The molecule has 12 atom stereocenters. The molecule has 6 rings (SSSR count). The first kappa shape index (κ1) is 80.6. The molecule has 0 spiro atoms. The molecule has 3 aliphatic rings. The van der Waals surface area contributed by atoms with E-state index in [4.69, 9.17) is 28.7 Å². The molecule has 37 heteroatoms. The SMILES string of the molecule is C[C@@H](O)[C@@H]1NC(=O)[C@H]2CC(=O)[C@@H](NC(=O)CN)CSSC[C@H](NC(=O)[C@H](CCCN=C(N)N)CC(=O)[C@@H]3CCCN3C(=O)[C@H](CC(=O)O)CC1=O)C(=O)C[C@@H](CCCNC(N)=O)C(=O)N[C@@H](Cc1c[nH]c3ccccc13)C(=O)C[C@@H](CCC(N)=O)C(=O)N[C@H](C(=O)O)CCCn1cc(nn1)C2. The normalized spacial score (nSPS) is 25.4. The van der Waals surface area contributed by atoms with Crippen LogP contribution in [0.2, 0.25) is 0 Å². The Morgan fingerprint density at radius 2 is 1.38 bits per heavy atom. The smallest absolute Gasteiger partial charge is 0.326 e. The maximum atomic E-state index is 15.3. The summed E-state index contributed by atoms with van der Waals surface area (Å²) in [7, 11) is 1.86. The number of aliphatic imine (C=N–C) groups is 1. The van der Waals surface area contributed by atoms with Crippen LogP contribution in [0.15, 0.2) is 41.7 Å². The number of carbonyl (C=O) groups excluding carboxylic acids is 13. The van der Waals surface area contributed by atoms with E-state index < -0.39 is 218 Å². The number of nitrogens with zero attached hydrogens (tertiary/aromatic N) is 5. The number of hydrogen-bond acceptors (Lipinski definition) is 22. The zero-order valence-electron chi connectivity index (χ0n) is 56.0. The number of fused-ring (bicyclic) bond motifs is 12. The summed E-state index contributed by atoms with van der Waals surface area (Å²) in [4.78, 5) is 219. The van der Waals surface area contributed by atoms with Crippen LogP contribution in [-0.4, -0.2) is 214 Å². The van der Waals surface area contributed by atoms with Crippen LogP contribution in [0.3, 0.4) is 0 Å². The number of Topliss-reactive ketones (excluding diaryl/α,β-unsaturated/α-hetero) is 5. The van der Waals surface area contributed by atoms with Gasteiger partial charge in [0.1, 0.15) is 12.1 Å². The second kappa shape index (κ2) is 39.6. The van der Waals surface area contributed by atoms with E-state index >= 15 is 19.2 Å². The van der Waals surface area contributed by atoms with Crippen LogP contribution >= 0.6 is 21.6 Å². The van der Waals surface area contributed by atoms with E-state index in [0.717, 1.165) is 33.4 Å². The molecule has 1 aromatic carbocycles. The molecule has 2 saturated heterocycles. The number of carbonyl (C=O) groups is 15. The van der Waals surface area contributed by atoms with E-state index in [9.17, 15) is 68.1 Å². The first-order valence-electron chi connectivity index (χ1n) is 33.3. The average molecular weight is 1450 g/mol. The number of aromatic amines is 1. The number of aliphatic hydroxyl groups is 1. The number of carboxylic acids is 2. The maximum Gasteiger partial charge on any atom is 0.326 e. The molecule has 5 heterocycles. The highest BCUT2D eigenvalue weighted by atomic mass is 33.1. The number of benzene rings is 1. The molecule has 552 valence electrons. The van der Waals surface area contributed by atoms with Crippen LogP contribution in [0.5, 0.6) is 0 Å². The average Bonchev–Trinajstić information content (AvgIpc) is 1.72. The van der Waals surface area contributed by atoms with Gasteiger partial charge >= 0.3 is 18.0 Å². The Balaban J connectivity index is 1.53. The number of para-hydroxylation sites is 1. The van der Waals surface area contributed by atoms with Crippen LogP contribution in [0.4, 0.5) is 4.79 Å². The molecule has 0 aliphatic carbocycles. The Kier molecular flexibility index (Phi) is 31.6. The molecule has 9 amide bonds. The minimum Gasteiger partial charge on any atom is -0.481 e. The number of carboxylic acid groups (broad SMARTS) is 2. The van der Waals surface area contributed by atoms with Gasteiger partial charge in [-0.05, 0) is 76.3 Å². The molecule has 0 unspecified atom stereocenters. The van der Waals surface area contributed by atoms with Crippen molar-refractivity contribution in [1.29, 1.82) is 0 Å². The molecule has 2 aromatic heterocycles. The quantitative estimate of drug-likeness (QED) is 0.0260. The summed E-state index contributed by atoms with van der Waals surface area (Å²) in [6.45, 7) is 0.229. The summed E-state index contributed by atoms with van der Waals surface area (Å²) < 4.78 is 1.27. The summed E-state index contributed by atoms with van der Waals surface area (Å²) in [6.07, 6.45) is -4.89. The number of aryl methyl sites for hydroxylation is 1. The van der Waals surface area contributed by atoms with Crippen LogP contribution in [0, 0.1) is 29.6 Å². The number of urea groups is 1. The summed E-state index contributed by atoms with van der Waals surface area (Å²) in [5, 5.41) is 56.1. The lowest BCUT2D eigenvalue weighted by Gasteiger charge is -2.30. The Bertz CT molecular complexity index is 3540. The fraction of sp³-hybridized carbons (Fsp3) is 0.594. The zero-order chi connectivity index (χ0) is 74.0. The standard InChI is InChI=1S/C64H91N17O18S2/c1-33(82)56-52(87)26-38(27-55(90)91)61(96)81-19-7-13-47(81)51(86)24-35(8-4-16-70-63(67)68)58(93)76-46-32-101-100-31-45(73-54(89)28-65)50(85)25-37(60(95)77-56)20-40-30-80(79-78-40)18-6-12-43(62(97)98)74-59(94)36(14-15-53(66)88)23-48(83)44(21-39-29-72-42-11-3-2-10-41(39)42)75-57(92)34(22-49(46)84)9-5-17-71-64(69)99/h2-3,10-11,29-30,33-38,43-47,56,72,82H,4-9,12-28,31-32,65H2,1H3,(H2,66,88)(H,73,89)(H,74,94)(H,75,92)(H,76,93)(H,77,95)(H,90,91)(H,97,98)(H4,67,68,70)(H3,69,71,99)/t33-,34-,35-,36-,37-,38+,43+,44+,45+,46+,47+,56+/m1/s1. The zero-order valence-corrected chi connectivity index (χ0v) is 57.6. The number of hydrogen-bond donors (Lipinski definition) is 15. The number of rotatable bonds is 19.